The lowest BCUT2D eigenvalue weighted by Crippen LogP contribution is -2.23. The van der Waals surface area contributed by atoms with Crippen molar-refractivity contribution >= 4 is 21.6 Å². The van der Waals surface area contributed by atoms with Crippen molar-refractivity contribution in [3.05, 3.63) is 24.3 Å². The second-order valence-electron chi connectivity index (χ2n) is 5.56. The summed E-state index contributed by atoms with van der Waals surface area (Å²) >= 11 is 0. The molecule has 0 spiro atoms. The van der Waals surface area contributed by atoms with Gasteiger partial charge in [-0.25, -0.2) is 13.6 Å². The summed E-state index contributed by atoms with van der Waals surface area (Å²) in [6.07, 6.45) is 1.19. The van der Waals surface area contributed by atoms with Gasteiger partial charge in [0, 0.05) is 12.1 Å². The molecular weight excluding hydrogens is 290 g/mol. The van der Waals surface area contributed by atoms with Crippen LogP contribution in [0.3, 0.4) is 0 Å². The molecule has 0 aromatic heterocycles. The van der Waals surface area contributed by atoms with E-state index in [1.54, 1.807) is 6.07 Å². The van der Waals surface area contributed by atoms with Gasteiger partial charge in [-0.05, 0) is 43.0 Å². The van der Waals surface area contributed by atoms with E-state index in [-0.39, 0.29) is 16.7 Å². The van der Waals surface area contributed by atoms with E-state index in [1.165, 1.54) is 18.2 Å². The predicted molar refractivity (Wildman–Crippen MR) is 83.1 cm³/mol. The Morgan fingerprint density at radius 1 is 1.33 bits per heavy atom. The normalized spacial score (nSPS) is 13.2. The number of sulfonamides is 1. The van der Waals surface area contributed by atoms with Crippen LogP contribution in [0.15, 0.2) is 29.2 Å². The highest BCUT2D eigenvalue weighted by Crippen LogP contribution is 2.17. The fraction of sp³-hybridized carbons (Fsp3) is 0.500. The number of primary sulfonamides is 1. The van der Waals surface area contributed by atoms with Crippen molar-refractivity contribution in [1.29, 1.82) is 0 Å². The molecular formula is C14H23N3O3S. The molecule has 1 unspecified atom stereocenters. The predicted octanol–water partition coefficient (Wildman–Crippen LogP) is 1.28. The average Bonchev–Trinajstić information content (AvgIpc) is 2.36. The van der Waals surface area contributed by atoms with E-state index < -0.39 is 10.0 Å². The molecule has 0 aliphatic carbocycles. The van der Waals surface area contributed by atoms with E-state index in [4.69, 9.17) is 10.9 Å². The average molecular weight is 313 g/mol. The Hall–Kier alpha value is -1.44. The third-order valence-corrected chi connectivity index (χ3v) is 3.97. The van der Waals surface area contributed by atoms with Crippen LogP contribution in [-0.2, 0) is 14.8 Å². The molecule has 0 bridgehead atoms. The number of anilines is 1. The SMILES string of the molecule is CC(C)CC(CN)CC(=O)Nc1cccc(S(N)(=O)=O)c1. The zero-order valence-corrected chi connectivity index (χ0v) is 13.2. The maximum atomic E-state index is 12.0. The van der Waals surface area contributed by atoms with Gasteiger partial charge in [0.25, 0.3) is 0 Å². The molecule has 0 radical (unpaired) electrons. The highest BCUT2D eigenvalue weighted by molar-refractivity contribution is 7.89. The number of nitrogens with two attached hydrogens (primary N) is 2. The molecule has 0 saturated carbocycles. The summed E-state index contributed by atoms with van der Waals surface area (Å²) in [6.45, 7) is 4.61. The van der Waals surface area contributed by atoms with Crippen LogP contribution in [0.25, 0.3) is 0 Å². The molecule has 6 nitrogen and oxygen atoms in total. The van der Waals surface area contributed by atoms with Crippen molar-refractivity contribution in [3.8, 4) is 0 Å². The molecule has 1 rings (SSSR count). The summed E-state index contributed by atoms with van der Waals surface area (Å²) in [5.41, 5.74) is 6.08. The van der Waals surface area contributed by atoms with E-state index >= 15 is 0 Å². The summed E-state index contributed by atoms with van der Waals surface area (Å²) in [7, 11) is -3.78. The van der Waals surface area contributed by atoms with Gasteiger partial charge in [0.15, 0.2) is 0 Å². The van der Waals surface area contributed by atoms with Gasteiger partial charge in [-0.3, -0.25) is 4.79 Å². The third kappa shape index (κ3) is 6.24. The van der Waals surface area contributed by atoms with E-state index in [0.29, 0.717) is 24.6 Å². The Kier molecular flexibility index (Phi) is 6.32. The van der Waals surface area contributed by atoms with Gasteiger partial charge in [0.1, 0.15) is 0 Å². The maximum Gasteiger partial charge on any atom is 0.238 e. The summed E-state index contributed by atoms with van der Waals surface area (Å²) in [5.74, 6) is 0.404. The van der Waals surface area contributed by atoms with E-state index in [0.717, 1.165) is 6.42 Å². The van der Waals surface area contributed by atoms with Crippen molar-refractivity contribution in [1.82, 2.24) is 0 Å². The van der Waals surface area contributed by atoms with Crippen LogP contribution < -0.4 is 16.2 Å². The standard InChI is InChI=1S/C14H23N3O3S/c1-10(2)6-11(9-15)7-14(18)17-12-4-3-5-13(8-12)21(16,19)20/h3-5,8,10-11H,6-7,9,15H2,1-2H3,(H,17,18)(H2,16,19,20). The van der Waals surface area contributed by atoms with Crippen molar-refractivity contribution in [2.45, 2.75) is 31.6 Å². The van der Waals surface area contributed by atoms with Crippen molar-refractivity contribution in [2.75, 3.05) is 11.9 Å². The van der Waals surface area contributed by atoms with Crippen LogP contribution in [0.2, 0.25) is 0 Å². The molecule has 1 aromatic carbocycles. The molecule has 21 heavy (non-hydrogen) atoms. The largest absolute Gasteiger partial charge is 0.330 e. The van der Waals surface area contributed by atoms with Gasteiger partial charge in [-0.1, -0.05) is 19.9 Å². The number of carbonyl (C=O) groups is 1. The lowest BCUT2D eigenvalue weighted by Gasteiger charge is -2.16. The van der Waals surface area contributed by atoms with Crippen molar-refractivity contribution in [2.24, 2.45) is 22.7 Å². The lowest BCUT2D eigenvalue weighted by atomic mass is 9.94. The smallest absolute Gasteiger partial charge is 0.238 e. The number of rotatable bonds is 7. The molecule has 1 amide bonds. The van der Waals surface area contributed by atoms with Gasteiger partial charge in [-0.15, -0.1) is 0 Å². The van der Waals surface area contributed by atoms with E-state index in [2.05, 4.69) is 19.2 Å². The Labute approximate surface area is 126 Å². The number of benzene rings is 1. The fourth-order valence-electron chi connectivity index (χ4n) is 2.15. The topological polar surface area (TPSA) is 115 Å². The van der Waals surface area contributed by atoms with Crippen molar-refractivity contribution < 1.29 is 13.2 Å². The van der Waals surface area contributed by atoms with Gasteiger partial charge in [0.2, 0.25) is 15.9 Å². The van der Waals surface area contributed by atoms with Crippen LogP contribution in [0.5, 0.6) is 0 Å². The first-order chi connectivity index (χ1) is 9.72. The molecule has 1 atom stereocenters. The highest BCUT2D eigenvalue weighted by atomic mass is 32.2. The zero-order valence-electron chi connectivity index (χ0n) is 12.4. The maximum absolute atomic E-state index is 12.0. The Bertz CT molecular complexity index is 585. The second-order valence-corrected chi connectivity index (χ2v) is 7.12. The Balaban J connectivity index is 2.71. The van der Waals surface area contributed by atoms with Gasteiger partial charge in [0.05, 0.1) is 4.90 Å². The first-order valence-electron chi connectivity index (χ1n) is 6.85. The zero-order chi connectivity index (χ0) is 16.0. The molecule has 0 fully saturated rings. The first kappa shape index (κ1) is 17.6. The minimum absolute atomic E-state index is 0.0298. The Morgan fingerprint density at radius 3 is 2.52 bits per heavy atom. The number of carbonyl (C=O) groups excluding carboxylic acids is 1. The van der Waals surface area contributed by atoms with Crippen LogP contribution in [0.4, 0.5) is 5.69 Å². The molecule has 0 aliphatic rings. The van der Waals surface area contributed by atoms with Crippen molar-refractivity contribution in [3.63, 3.8) is 0 Å². The van der Waals surface area contributed by atoms with Gasteiger partial charge < -0.3 is 11.1 Å². The number of nitrogens with one attached hydrogen (secondary N) is 1. The van der Waals surface area contributed by atoms with E-state index in [9.17, 15) is 13.2 Å². The number of amides is 1. The fourth-order valence-corrected chi connectivity index (χ4v) is 2.71. The first-order valence-corrected chi connectivity index (χ1v) is 8.39. The molecule has 5 N–H and O–H groups in total. The highest BCUT2D eigenvalue weighted by Gasteiger charge is 2.15. The summed E-state index contributed by atoms with van der Waals surface area (Å²) < 4.78 is 22.5. The lowest BCUT2D eigenvalue weighted by molar-refractivity contribution is -0.117. The molecule has 0 heterocycles. The molecule has 118 valence electrons. The molecule has 7 heteroatoms. The number of hydrogen-bond acceptors (Lipinski definition) is 4. The van der Waals surface area contributed by atoms with E-state index in [1.807, 2.05) is 0 Å². The third-order valence-electron chi connectivity index (χ3n) is 3.06. The van der Waals surface area contributed by atoms with Gasteiger partial charge >= 0.3 is 0 Å². The van der Waals surface area contributed by atoms with Crippen LogP contribution >= 0.6 is 0 Å². The molecule has 0 saturated heterocycles. The second kappa shape index (κ2) is 7.53. The number of hydrogen-bond donors (Lipinski definition) is 3. The summed E-state index contributed by atoms with van der Waals surface area (Å²) in [5, 5.41) is 7.73. The van der Waals surface area contributed by atoms with Crippen LogP contribution in [0.1, 0.15) is 26.7 Å². The summed E-state index contributed by atoms with van der Waals surface area (Å²) in [4.78, 5) is 11.9. The van der Waals surface area contributed by atoms with Crippen LogP contribution in [-0.4, -0.2) is 20.9 Å². The summed E-state index contributed by atoms with van der Waals surface area (Å²) in [6, 6.07) is 5.87. The minimum atomic E-state index is -3.78. The van der Waals surface area contributed by atoms with Gasteiger partial charge in [-0.2, -0.15) is 0 Å². The van der Waals surface area contributed by atoms with Crippen LogP contribution in [0, 0.1) is 11.8 Å². The Morgan fingerprint density at radius 2 is 2.00 bits per heavy atom. The molecule has 1 aromatic rings. The monoisotopic (exact) mass is 313 g/mol. The molecule has 0 aliphatic heterocycles. The minimum Gasteiger partial charge on any atom is -0.330 e. The quantitative estimate of drug-likeness (QED) is 0.703.